The Labute approximate surface area is 128 Å². The van der Waals surface area contributed by atoms with Crippen LogP contribution in [0.15, 0.2) is 34.8 Å². The van der Waals surface area contributed by atoms with Gasteiger partial charge in [0.1, 0.15) is 11.6 Å². The van der Waals surface area contributed by atoms with Crippen molar-refractivity contribution in [3.8, 4) is 11.5 Å². The molecule has 1 heterocycles. The molecule has 6 heteroatoms. The van der Waals surface area contributed by atoms with Gasteiger partial charge in [-0.25, -0.2) is 8.78 Å². The minimum atomic E-state index is -0.906. The van der Waals surface area contributed by atoms with Gasteiger partial charge in [-0.3, -0.25) is 0 Å². The third-order valence-electron chi connectivity index (χ3n) is 3.19. The quantitative estimate of drug-likeness (QED) is 0.910. The predicted molar refractivity (Wildman–Crippen MR) is 75.3 cm³/mol. The third kappa shape index (κ3) is 3.01. The SMILES string of the molecule is OC(Cc1cc(F)cc(F)c1)c1cc(Br)c2c(c1)OCO2. The van der Waals surface area contributed by atoms with E-state index in [1.165, 1.54) is 12.1 Å². The minimum Gasteiger partial charge on any atom is -0.454 e. The van der Waals surface area contributed by atoms with Crippen molar-refractivity contribution < 1.29 is 23.4 Å². The average Bonchev–Trinajstić information content (AvgIpc) is 2.86. The lowest BCUT2D eigenvalue weighted by atomic mass is 10.0. The second-order valence-corrected chi connectivity index (χ2v) is 5.59. The summed E-state index contributed by atoms with van der Waals surface area (Å²) in [5, 5.41) is 10.2. The Balaban J connectivity index is 1.85. The number of halogens is 3. The third-order valence-corrected chi connectivity index (χ3v) is 3.77. The first-order valence-electron chi connectivity index (χ1n) is 6.25. The molecule has 0 aromatic heterocycles. The summed E-state index contributed by atoms with van der Waals surface area (Å²) in [6, 6.07) is 6.57. The highest BCUT2D eigenvalue weighted by molar-refractivity contribution is 9.10. The number of rotatable bonds is 3. The molecule has 3 rings (SSSR count). The number of hydrogen-bond acceptors (Lipinski definition) is 3. The van der Waals surface area contributed by atoms with Crippen LogP contribution in [0.2, 0.25) is 0 Å². The highest BCUT2D eigenvalue weighted by atomic mass is 79.9. The maximum atomic E-state index is 13.2. The molecule has 0 radical (unpaired) electrons. The summed E-state index contributed by atoms with van der Waals surface area (Å²) in [5.74, 6) is -0.209. The number of ether oxygens (including phenoxy) is 2. The largest absolute Gasteiger partial charge is 0.454 e. The van der Waals surface area contributed by atoms with Crippen LogP contribution in [0.25, 0.3) is 0 Å². The number of hydrogen-bond donors (Lipinski definition) is 1. The predicted octanol–water partition coefficient (Wildman–Crippen LogP) is 3.73. The molecular weight excluding hydrogens is 346 g/mol. The average molecular weight is 357 g/mol. The molecule has 2 aromatic rings. The number of fused-ring (bicyclic) bond motifs is 1. The van der Waals surface area contributed by atoms with Crippen LogP contribution in [-0.4, -0.2) is 11.9 Å². The highest BCUT2D eigenvalue weighted by Crippen LogP contribution is 2.41. The smallest absolute Gasteiger partial charge is 0.231 e. The molecule has 0 spiro atoms. The van der Waals surface area contributed by atoms with Crippen LogP contribution in [-0.2, 0) is 6.42 Å². The summed E-state index contributed by atoms with van der Waals surface area (Å²) in [4.78, 5) is 0. The molecule has 0 aliphatic carbocycles. The van der Waals surface area contributed by atoms with E-state index in [2.05, 4.69) is 15.9 Å². The molecule has 1 aliphatic rings. The van der Waals surface area contributed by atoms with Crippen molar-refractivity contribution in [2.24, 2.45) is 0 Å². The van der Waals surface area contributed by atoms with Gasteiger partial charge in [-0.1, -0.05) is 0 Å². The van der Waals surface area contributed by atoms with Gasteiger partial charge in [-0.2, -0.15) is 0 Å². The number of benzene rings is 2. The lowest BCUT2D eigenvalue weighted by Crippen LogP contribution is -2.03. The second-order valence-electron chi connectivity index (χ2n) is 4.73. The van der Waals surface area contributed by atoms with Crippen molar-refractivity contribution >= 4 is 15.9 Å². The monoisotopic (exact) mass is 356 g/mol. The number of aliphatic hydroxyl groups excluding tert-OH is 1. The van der Waals surface area contributed by atoms with Crippen molar-refractivity contribution in [1.82, 2.24) is 0 Å². The van der Waals surface area contributed by atoms with Gasteiger partial charge < -0.3 is 14.6 Å². The molecule has 0 saturated carbocycles. The first-order chi connectivity index (χ1) is 10.0. The first-order valence-corrected chi connectivity index (χ1v) is 7.04. The summed E-state index contributed by atoms with van der Waals surface area (Å²) in [5.41, 5.74) is 0.963. The van der Waals surface area contributed by atoms with E-state index in [1.54, 1.807) is 12.1 Å². The highest BCUT2D eigenvalue weighted by Gasteiger charge is 2.21. The van der Waals surface area contributed by atoms with Crippen LogP contribution >= 0.6 is 15.9 Å². The van der Waals surface area contributed by atoms with Crippen LogP contribution in [0.3, 0.4) is 0 Å². The molecule has 1 aliphatic heterocycles. The van der Waals surface area contributed by atoms with Crippen molar-refractivity contribution in [3.05, 3.63) is 57.6 Å². The van der Waals surface area contributed by atoms with Gasteiger partial charge in [-0.05, 0) is 51.3 Å². The van der Waals surface area contributed by atoms with Gasteiger partial charge >= 0.3 is 0 Å². The van der Waals surface area contributed by atoms with Crippen LogP contribution < -0.4 is 9.47 Å². The molecule has 3 nitrogen and oxygen atoms in total. The normalized spacial score (nSPS) is 14.3. The van der Waals surface area contributed by atoms with Gasteiger partial charge in [0.05, 0.1) is 10.6 Å². The molecule has 1 unspecified atom stereocenters. The Hall–Kier alpha value is -1.66. The van der Waals surface area contributed by atoms with Crippen LogP contribution in [0.4, 0.5) is 8.78 Å². The number of aliphatic hydroxyl groups is 1. The summed E-state index contributed by atoms with van der Waals surface area (Å²) < 4.78 is 37.5. The van der Waals surface area contributed by atoms with E-state index in [0.29, 0.717) is 27.1 Å². The molecule has 0 fully saturated rings. The first kappa shape index (κ1) is 14.3. The molecule has 0 saturated heterocycles. The fraction of sp³-hybridized carbons (Fsp3) is 0.200. The molecular formula is C15H11BrF2O3. The van der Waals surface area contributed by atoms with Gasteiger partial charge in [0, 0.05) is 12.5 Å². The lowest BCUT2D eigenvalue weighted by molar-refractivity contribution is 0.171. The van der Waals surface area contributed by atoms with E-state index >= 15 is 0 Å². The Morgan fingerprint density at radius 3 is 2.52 bits per heavy atom. The Morgan fingerprint density at radius 1 is 1.10 bits per heavy atom. The Morgan fingerprint density at radius 2 is 1.81 bits per heavy atom. The fourth-order valence-electron chi connectivity index (χ4n) is 2.25. The van der Waals surface area contributed by atoms with Gasteiger partial charge in [0.25, 0.3) is 0 Å². The molecule has 0 amide bonds. The van der Waals surface area contributed by atoms with Crippen molar-refractivity contribution in [3.63, 3.8) is 0 Å². The van der Waals surface area contributed by atoms with Crippen LogP contribution in [0.1, 0.15) is 17.2 Å². The maximum absolute atomic E-state index is 13.2. The van der Waals surface area contributed by atoms with Crippen molar-refractivity contribution in [1.29, 1.82) is 0 Å². The molecule has 2 aromatic carbocycles. The zero-order valence-corrected chi connectivity index (χ0v) is 12.4. The standard InChI is InChI=1S/C15H11BrF2O3/c16-12-4-9(5-14-15(12)21-7-20-14)13(19)3-8-1-10(17)6-11(18)2-8/h1-2,4-6,13,19H,3,7H2. The van der Waals surface area contributed by atoms with E-state index in [0.717, 1.165) is 6.07 Å². The van der Waals surface area contributed by atoms with Crippen LogP contribution in [0, 0.1) is 11.6 Å². The van der Waals surface area contributed by atoms with E-state index in [9.17, 15) is 13.9 Å². The van der Waals surface area contributed by atoms with Gasteiger partial charge in [-0.15, -0.1) is 0 Å². The van der Waals surface area contributed by atoms with E-state index < -0.39 is 17.7 Å². The summed E-state index contributed by atoms with van der Waals surface area (Å²) in [6.45, 7) is 0.128. The zero-order valence-electron chi connectivity index (χ0n) is 10.8. The van der Waals surface area contributed by atoms with Gasteiger partial charge in [0.2, 0.25) is 6.79 Å². The maximum Gasteiger partial charge on any atom is 0.231 e. The summed E-state index contributed by atoms with van der Waals surface area (Å²) in [6.07, 6.45) is -0.808. The zero-order chi connectivity index (χ0) is 15.0. The fourth-order valence-corrected chi connectivity index (χ4v) is 2.82. The molecule has 0 bridgehead atoms. The van der Waals surface area contributed by atoms with Crippen molar-refractivity contribution in [2.45, 2.75) is 12.5 Å². The molecule has 1 atom stereocenters. The van der Waals surface area contributed by atoms with E-state index in [-0.39, 0.29) is 13.2 Å². The summed E-state index contributed by atoms with van der Waals surface area (Å²) in [7, 11) is 0. The van der Waals surface area contributed by atoms with Crippen LogP contribution in [0.5, 0.6) is 11.5 Å². The van der Waals surface area contributed by atoms with Crippen molar-refractivity contribution in [2.75, 3.05) is 6.79 Å². The minimum absolute atomic E-state index is 0.0980. The molecule has 110 valence electrons. The molecule has 1 N–H and O–H groups in total. The second kappa shape index (κ2) is 5.61. The lowest BCUT2D eigenvalue weighted by Gasteiger charge is -2.13. The summed E-state index contributed by atoms with van der Waals surface area (Å²) >= 11 is 3.34. The van der Waals surface area contributed by atoms with E-state index in [4.69, 9.17) is 9.47 Å². The molecule has 21 heavy (non-hydrogen) atoms. The Bertz CT molecular complexity index is 671. The van der Waals surface area contributed by atoms with E-state index in [1.807, 2.05) is 0 Å². The Kier molecular flexibility index (Phi) is 3.82. The topological polar surface area (TPSA) is 38.7 Å². The van der Waals surface area contributed by atoms with Gasteiger partial charge in [0.15, 0.2) is 11.5 Å².